The zero-order valence-corrected chi connectivity index (χ0v) is 24.3. The standard InChI is InChI=1S/C34H30FIN2O2/c1-2-39-32-19-23(18-30(36)34(32)40-21-22-7-5-8-25(35)17-22)20-37-26-15-13-24(14-16-26)33-29-11-6-10-27(29)28-9-3-4-12-31(28)38-33/h3-10,12-20,27,29,33,38H,2,11,21H2,1H3/t27-,29-,33+/m1/s1. The normalized spacial score (nSPS) is 19.2. The first kappa shape index (κ1) is 26.6. The third-order valence-electron chi connectivity index (χ3n) is 7.49. The molecule has 6 rings (SSSR count). The summed E-state index contributed by atoms with van der Waals surface area (Å²) in [5, 5.41) is 3.79. The number of allylic oxidation sites excluding steroid dienone is 2. The number of fused-ring (bicyclic) bond motifs is 3. The van der Waals surface area contributed by atoms with Crippen molar-refractivity contribution in [1.82, 2.24) is 0 Å². The summed E-state index contributed by atoms with van der Waals surface area (Å²) >= 11 is 2.24. The van der Waals surface area contributed by atoms with Gasteiger partial charge < -0.3 is 14.8 Å². The molecule has 40 heavy (non-hydrogen) atoms. The van der Waals surface area contributed by atoms with E-state index >= 15 is 0 Å². The first-order valence-electron chi connectivity index (χ1n) is 13.6. The monoisotopic (exact) mass is 644 g/mol. The van der Waals surface area contributed by atoms with Crippen LogP contribution in [0.25, 0.3) is 0 Å². The van der Waals surface area contributed by atoms with Crippen molar-refractivity contribution < 1.29 is 13.9 Å². The van der Waals surface area contributed by atoms with Crippen LogP contribution >= 0.6 is 22.6 Å². The maximum absolute atomic E-state index is 13.6. The van der Waals surface area contributed by atoms with Crippen molar-refractivity contribution in [3.05, 3.63) is 129 Å². The van der Waals surface area contributed by atoms with E-state index in [1.165, 1.54) is 28.9 Å². The molecule has 0 saturated carbocycles. The van der Waals surface area contributed by atoms with E-state index in [1.807, 2.05) is 31.3 Å². The molecule has 3 atom stereocenters. The smallest absolute Gasteiger partial charge is 0.175 e. The van der Waals surface area contributed by atoms with Crippen LogP contribution in [0.2, 0.25) is 0 Å². The minimum Gasteiger partial charge on any atom is -0.490 e. The number of hydrogen-bond acceptors (Lipinski definition) is 4. The molecule has 4 aromatic rings. The number of hydrogen-bond donors (Lipinski definition) is 1. The van der Waals surface area contributed by atoms with Gasteiger partial charge >= 0.3 is 0 Å². The molecule has 2 aliphatic rings. The first-order valence-corrected chi connectivity index (χ1v) is 14.7. The number of benzene rings is 4. The summed E-state index contributed by atoms with van der Waals surface area (Å²) in [7, 11) is 0. The van der Waals surface area contributed by atoms with Crippen LogP contribution in [-0.4, -0.2) is 12.8 Å². The summed E-state index contributed by atoms with van der Waals surface area (Å²) in [5.41, 5.74) is 6.47. The third-order valence-corrected chi connectivity index (χ3v) is 8.29. The topological polar surface area (TPSA) is 42.8 Å². The Bertz CT molecular complexity index is 1570. The highest BCUT2D eigenvalue weighted by atomic mass is 127. The van der Waals surface area contributed by atoms with Gasteiger partial charge in [-0.05, 0) is 107 Å². The molecule has 4 nitrogen and oxygen atoms in total. The predicted molar refractivity (Wildman–Crippen MR) is 168 cm³/mol. The van der Waals surface area contributed by atoms with Crippen LogP contribution in [0.5, 0.6) is 11.5 Å². The quantitative estimate of drug-likeness (QED) is 0.118. The van der Waals surface area contributed by atoms with Crippen molar-refractivity contribution in [2.24, 2.45) is 10.9 Å². The van der Waals surface area contributed by atoms with Gasteiger partial charge in [0, 0.05) is 17.8 Å². The van der Waals surface area contributed by atoms with Crippen molar-refractivity contribution >= 4 is 40.2 Å². The largest absolute Gasteiger partial charge is 0.490 e. The Hall–Kier alpha value is -3.65. The van der Waals surface area contributed by atoms with Crippen LogP contribution in [0, 0.1) is 15.3 Å². The minimum atomic E-state index is -0.277. The number of nitrogens with zero attached hydrogens (tertiary/aromatic N) is 1. The Labute approximate surface area is 248 Å². The number of para-hydroxylation sites is 1. The molecule has 202 valence electrons. The number of nitrogens with one attached hydrogen (secondary N) is 1. The van der Waals surface area contributed by atoms with Gasteiger partial charge in [0.2, 0.25) is 0 Å². The first-order chi connectivity index (χ1) is 19.6. The van der Waals surface area contributed by atoms with Crippen LogP contribution in [0.1, 0.15) is 47.6 Å². The second-order valence-corrected chi connectivity index (χ2v) is 11.3. The molecule has 0 fully saturated rings. The van der Waals surface area contributed by atoms with Crippen LogP contribution in [0.3, 0.4) is 0 Å². The van der Waals surface area contributed by atoms with Gasteiger partial charge in [0.15, 0.2) is 11.5 Å². The van der Waals surface area contributed by atoms with E-state index in [4.69, 9.17) is 14.5 Å². The van der Waals surface area contributed by atoms with E-state index in [0.29, 0.717) is 29.9 Å². The third kappa shape index (κ3) is 5.63. The fraction of sp³-hybridized carbons (Fsp3) is 0.206. The van der Waals surface area contributed by atoms with Gasteiger partial charge in [-0.25, -0.2) is 4.39 Å². The Morgan fingerprint density at radius 3 is 2.67 bits per heavy atom. The lowest BCUT2D eigenvalue weighted by Crippen LogP contribution is -2.28. The van der Waals surface area contributed by atoms with Gasteiger partial charge in [-0.15, -0.1) is 0 Å². The molecule has 0 saturated heterocycles. The van der Waals surface area contributed by atoms with E-state index in [-0.39, 0.29) is 18.5 Å². The molecule has 0 radical (unpaired) electrons. The predicted octanol–water partition coefficient (Wildman–Crippen LogP) is 8.99. The summed E-state index contributed by atoms with van der Waals surface area (Å²) in [6.45, 7) is 2.70. The van der Waals surface area contributed by atoms with E-state index in [2.05, 4.69) is 88.6 Å². The Kier molecular flexibility index (Phi) is 7.86. The van der Waals surface area contributed by atoms with E-state index < -0.39 is 0 Å². The highest BCUT2D eigenvalue weighted by Gasteiger charge is 2.37. The van der Waals surface area contributed by atoms with Crippen LogP contribution in [0.15, 0.2) is 102 Å². The lowest BCUT2D eigenvalue weighted by molar-refractivity contribution is 0.267. The molecule has 0 spiro atoms. The summed E-state index contributed by atoms with van der Waals surface area (Å²) < 4.78 is 26.4. The molecule has 1 N–H and O–H groups in total. The number of aliphatic imine (C=N–C) groups is 1. The molecule has 0 amide bonds. The maximum atomic E-state index is 13.6. The average Bonchev–Trinajstić information content (AvgIpc) is 3.46. The summed E-state index contributed by atoms with van der Waals surface area (Å²) in [4.78, 5) is 4.74. The molecule has 1 aliphatic carbocycles. The SMILES string of the molecule is CCOc1cc(C=Nc2ccc([C@@H]3Nc4ccccc4[C@H]4C=CC[C@H]43)cc2)cc(I)c1OCc1cccc(F)c1. The summed E-state index contributed by atoms with van der Waals surface area (Å²) in [6.07, 6.45) is 7.62. The van der Waals surface area contributed by atoms with Crippen LogP contribution in [0.4, 0.5) is 15.8 Å². The highest BCUT2D eigenvalue weighted by Crippen LogP contribution is 2.49. The van der Waals surface area contributed by atoms with Crippen LogP contribution in [-0.2, 0) is 6.61 Å². The zero-order valence-electron chi connectivity index (χ0n) is 22.2. The van der Waals surface area contributed by atoms with E-state index in [0.717, 1.165) is 26.8 Å². The van der Waals surface area contributed by atoms with Crippen molar-refractivity contribution in [2.45, 2.75) is 31.9 Å². The number of rotatable bonds is 8. The summed E-state index contributed by atoms with van der Waals surface area (Å²) in [5.74, 6) is 1.99. The average molecular weight is 645 g/mol. The van der Waals surface area contributed by atoms with Gasteiger partial charge in [0.25, 0.3) is 0 Å². The fourth-order valence-electron chi connectivity index (χ4n) is 5.64. The molecule has 0 unspecified atom stereocenters. The zero-order chi connectivity index (χ0) is 27.5. The highest BCUT2D eigenvalue weighted by molar-refractivity contribution is 14.1. The molecule has 0 bridgehead atoms. The summed E-state index contributed by atoms with van der Waals surface area (Å²) in [6, 6.07) is 27.8. The maximum Gasteiger partial charge on any atom is 0.175 e. The number of halogens is 2. The number of ether oxygens (including phenoxy) is 2. The Morgan fingerprint density at radius 1 is 1.00 bits per heavy atom. The molecule has 1 heterocycles. The molecule has 4 aromatic carbocycles. The molecule has 6 heteroatoms. The van der Waals surface area contributed by atoms with Gasteiger partial charge in [-0.3, -0.25) is 4.99 Å². The molecular formula is C34H30FIN2O2. The van der Waals surface area contributed by atoms with Crippen molar-refractivity contribution in [3.8, 4) is 11.5 Å². The van der Waals surface area contributed by atoms with Gasteiger partial charge in [0.05, 0.1) is 21.9 Å². The second kappa shape index (κ2) is 11.8. The fourth-order valence-corrected chi connectivity index (χ4v) is 6.42. The second-order valence-electron chi connectivity index (χ2n) is 10.1. The minimum absolute atomic E-state index is 0.257. The Morgan fingerprint density at radius 2 is 1.85 bits per heavy atom. The van der Waals surface area contributed by atoms with Gasteiger partial charge in [-0.1, -0.05) is 54.6 Å². The lowest BCUT2D eigenvalue weighted by Gasteiger charge is -2.37. The number of anilines is 1. The lowest BCUT2D eigenvalue weighted by atomic mass is 9.77. The molecular weight excluding hydrogens is 614 g/mol. The molecule has 0 aromatic heterocycles. The van der Waals surface area contributed by atoms with Gasteiger partial charge in [0.1, 0.15) is 12.4 Å². The van der Waals surface area contributed by atoms with Gasteiger partial charge in [-0.2, -0.15) is 0 Å². The van der Waals surface area contributed by atoms with Crippen LogP contribution < -0.4 is 14.8 Å². The van der Waals surface area contributed by atoms with Crippen molar-refractivity contribution in [2.75, 3.05) is 11.9 Å². The Balaban J connectivity index is 1.18. The molecule has 1 aliphatic heterocycles. The van der Waals surface area contributed by atoms with Crippen molar-refractivity contribution in [1.29, 1.82) is 0 Å². The van der Waals surface area contributed by atoms with E-state index in [9.17, 15) is 4.39 Å². The van der Waals surface area contributed by atoms with Crippen molar-refractivity contribution in [3.63, 3.8) is 0 Å². The van der Waals surface area contributed by atoms with E-state index in [1.54, 1.807) is 6.07 Å².